The number of rotatable bonds is 5. The molecule has 0 atom stereocenters. The van der Waals surface area contributed by atoms with Crippen LogP contribution in [0.25, 0.3) is 0 Å². The van der Waals surface area contributed by atoms with Gasteiger partial charge in [-0.2, -0.15) is 11.3 Å². The average Bonchev–Trinajstić information content (AvgIpc) is 2.59. The van der Waals surface area contributed by atoms with E-state index in [1.807, 2.05) is 0 Å². The molecule has 1 heterocycles. The minimum atomic E-state index is 0.466. The van der Waals surface area contributed by atoms with Gasteiger partial charge in [0.15, 0.2) is 0 Å². The van der Waals surface area contributed by atoms with E-state index >= 15 is 0 Å². The Morgan fingerprint density at radius 2 is 2.08 bits per heavy atom. The van der Waals surface area contributed by atoms with Crippen LogP contribution in [-0.4, -0.2) is 11.8 Å². The van der Waals surface area contributed by atoms with Gasteiger partial charge in [-0.1, -0.05) is 0 Å². The molecule has 1 rings (SSSR count). The summed E-state index contributed by atoms with van der Waals surface area (Å²) >= 11 is 13.2. The van der Waals surface area contributed by atoms with Crippen LogP contribution in [0.4, 0.5) is 0 Å². The second-order valence-corrected chi connectivity index (χ2v) is 4.24. The number of alkyl halides is 2. The number of hydrogen-bond acceptors (Lipinski definition) is 1. The molecular weight excluding hydrogens is 211 g/mol. The summed E-state index contributed by atoms with van der Waals surface area (Å²) in [4.78, 5) is 0. The minimum Gasteiger partial charge on any atom is -0.152 e. The van der Waals surface area contributed by atoms with Crippen LogP contribution in [0.5, 0.6) is 0 Å². The summed E-state index contributed by atoms with van der Waals surface area (Å²) < 4.78 is 0. The summed E-state index contributed by atoms with van der Waals surface area (Å²) in [6, 6.07) is 2.16. The molecule has 1 aromatic heterocycles. The van der Waals surface area contributed by atoms with Crippen molar-refractivity contribution in [2.75, 3.05) is 11.8 Å². The Kier molecular flexibility index (Phi) is 5.05. The van der Waals surface area contributed by atoms with Crippen molar-refractivity contribution in [3.8, 4) is 0 Å². The molecule has 0 bridgehead atoms. The van der Waals surface area contributed by atoms with Crippen LogP contribution in [0.15, 0.2) is 16.8 Å². The van der Waals surface area contributed by atoms with E-state index in [1.165, 1.54) is 5.56 Å². The zero-order valence-electron chi connectivity index (χ0n) is 6.80. The first kappa shape index (κ1) is 10.4. The van der Waals surface area contributed by atoms with E-state index in [4.69, 9.17) is 23.2 Å². The molecule has 0 N–H and O–H groups in total. The molecule has 0 saturated carbocycles. The van der Waals surface area contributed by atoms with Crippen molar-refractivity contribution in [1.29, 1.82) is 0 Å². The second kappa shape index (κ2) is 5.85. The molecule has 0 nitrogen and oxygen atoms in total. The number of halogens is 2. The Balaban J connectivity index is 2.25. The molecule has 0 aliphatic rings. The standard InChI is InChI=1S/C9H12Cl2S/c10-5-9(6-11)2-1-8-3-4-12-7-8/h3-4,7,9H,1-2,5-6H2. The zero-order chi connectivity index (χ0) is 8.81. The summed E-state index contributed by atoms with van der Waals surface area (Å²) in [6.45, 7) is 0. The maximum absolute atomic E-state index is 5.73. The maximum Gasteiger partial charge on any atom is 0.0263 e. The second-order valence-electron chi connectivity index (χ2n) is 2.84. The average molecular weight is 223 g/mol. The molecule has 1 aromatic rings. The highest BCUT2D eigenvalue weighted by Gasteiger charge is 2.05. The van der Waals surface area contributed by atoms with Gasteiger partial charge >= 0.3 is 0 Å². The predicted octanol–water partition coefficient (Wildman–Crippen LogP) is 3.77. The fraction of sp³-hybridized carbons (Fsp3) is 0.556. The van der Waals surface area contributed by atoms with Crippen LogP contribution >= 0.6 is 34.5 Å². The fourth-order valence-corrected chi connectivity index (χ4v) is 2.34. The van der Waals surface area contributed by atoms with Gasteiger partial charge in [-0.3, -0.25) is 0 Å². The van der Waals surface area contributed by atoms with Crippen molar-refractivity contribution in [3.63, 3.8) is 0 Å². The van der Waals surface area contributed by atoms with Gasteiger partial charge in [0.05, 0.1) is 0 Å². The van der Waals surface area contributed by atoms with Crippen LogP contribution in [0, 0.1) is 5.92 Å². The molecular formula is C9H12Cl2S. The highest BCUT2D eigenvalue weighted by atomic mass is 35.5. The molecule has 0 aliphatic heterocycles. The van der Waals surface area contributed by atoms with Gasteiger partial charge in [-0.05, 0) is 41.1 Å². The third kappa shape index (κ3) is 3.34. The normalized spacial score (nSPS) is 10.9. The lowest BCUT2D eigenvalue weighted by Crippen LogP contribution is -2.05. The number of hydrogen-bond donors (Lipinski definition) is 0. The van der Waals surface area contributed by atoms with Crippen molar-refractivity contribution in [2.45, 2.75) is 12.8 Å². The molecule has 0 aromatic carbocycles. The van der Waals surface area contributed by atoms with Crippen molar-refractivity contribution >= 4 is 34.5 Å². The quantitative estimate of drug-likeness (QED) is 0.666. The Morgan fingerprint density at radius 3 is 2.58 bits per heavy atom. The fourth-order valence-electron chi connectivity index (χ4n) is 1.00. The molecule has 0 spiro atoms. The minimum absolute atomic E-state index is 0.466. The lowest BCUT2D eigenvalue weighted by atomic mass is 10.0. The third-order valence-electron chi connectivity index (χ3n) is 1.86. The lowest BCUT2D eigenvalue weighted by molar-refractivity contribution is 0.600. The van der Waals surface area contributed by atoms with Gasteiger partial charge in [0.2, 0.25) is 0 Å². The number of aryl methyl sites for hydroxylation is 1. The third-order valence-corrected chi connectivity index (χ3v) is 3.46. The molecule has 3 heteroatoms. The van der Waals surface area contributed by atoms with Gasteiger partial charge in [-0.25, -0.2) is 0 Å². The molecule has 0 saturated heterocycles. The first-order chi connectivity index (χ1) is 5.86. The molecule has 68 valence electrons. The topological polar surface area (TPSA) is 0 Å². The van der Waals surface area contributed by atoms with E-state index in [-0.39, 0.29) is 0 Å². The Hall–Kier alpha value is 0.280. The van der Waals surface area contributed by atoms with E-state index in [0.29, 0.717) is 17.7 Å². The first-order valence-corrected chi connectivity index (χ1v) is 6.01. The van der Waals surface area contributed by atoms with Crippen molar-refractivity contribution in [1.82, 2.24) is 0 Å². The molecule has 0 radical (unpaired) electrons. The van der Waals surface area contributed by atoms with Gasteiger partial charge in [0, 0.05) is 11.8 Å². The van der Waals surface area contributed by atoms with E-state index in [1.54, 1.807) is 11.3 Å². The first-order valence-electron chi connectivity index (χ1n) is 3.99. The van der Waals surface area contributed by atoms with Gasteiger partial charge in [0.25, 0.3) is 0 Å². The van der Waals surface area contributed by atoms with Crippen LogP contribution < -0.4 is 0 Å². The van der Waals surface area contributed by atoms with E-state index in [9.17, 15) is 0 Å². The maximum atomic E-state index is 5.73. The van der Waals surface area contributed by atoms with E-state index in [2.05, 4.69) is 16.8 Å². The van der Waals surface area contributed by atoms with Crippen LogP contribution in [0.2, 0.25) is 0 Å². The van der Waals surface area contributed by atoms with E-state index in [0.717, 1.165) is 12.8 Å². The van der Waals surface area contributed by atoms with Gasteiger partial charge in [0.1, 0.15) is 0 Å². The van der Waals surface area contributed by atoms with Crippen LogP contribution in [-0.2, 0) is 6.42 Å². The molecule has 0 unspecified atom stereocenters. The summed E-state index contributed by atoms with van der Waals surface area (Å²) in [7, 11) is 0. The summed E-state index contributed by atoms with van der Waals surface area (Å²) in [6.07, 6.45) is 2.21. The van der Waals surface area contributed by atoms with Crippen molar-refractivity contribution in [2.24, 2.45) is 5.92 Å². The predicted molar refractivity (Wildman–Crippen MR) is 57.6 cm³/mol. The Labute approximate surface area is 87.5 Å². The van der Waals surface area contributed by atoms with Gasteiger partial charge in [-0.15, -0.1) is 23.2 Å². The molecule has 0 aliphatic carbocycles. The van der Waals surface area contributed by atoms with E-state index < -0.39 is 0 Å². The van der Waals surface area contributed by atoms with Crippen molar-refractivity contribution in [3.05, 3.63) is 22.4 Å². The lowest BCUT2D eigenvalue weighted by Gasteiger charge is -2.07. The monoisotopic (exact) mass is 222 g/mol. The summed E-state index contributed by atoms with van der Waals surface area (Å²) in [5, 5.41) is 4.28. The molecule has 0 amide bonds. The smallest absolute Gasteiger partial charge is 0.0263 e. The zero-order valence-corrected chi connectivity index (χ0v) is 9.13. The summed E-state index contributed by atoms with van der Waals surface area (Å²) in [5.74, 6) is 1.81. The Morgan fingerprint density at radius 1 is 1.33 bits per heavy atom. The van der Waals surface area contributed by atoms with Gasteiger partial charge < -0.3 is 0 Å². The molecule has 0 fully saturated rings. The highest BCUT2D eigenvalue weighted by molar-refractivity contribution is 7.07. The summed E-state index contributed by atoms with van der Waals surface area (Å²) in [5.41, 5.74) is 1.40. The SMILES string of the molecule is ClCC(CCl)CCc1ccsc1. The van der Waals surface area contributed by atoms with Crippen LogP contribution in [0.3, 0.4) is 0 Å². The number of thiophene rings is 1. The van der Waals surface area contributed by atoms with Crippen molar-refractivity contribution < 1.29 is 0 Å². The molecule has 12 heavy (non-hydrogen) atoms. The Bertz CT molecular complexity index is 192. The largest absolute Gasteiger partial charge is 0.152 e. The van der Waals surface area contributed by atoms with Crippen LogP contribution in [0.1, 0.15) is 12.0 Å². The highest BCUT2D eigenvalue weighted by Crippen LogP contribution is 2.14.